The van der Waals surface area contributed by atoms with Gasteiger partial charge in [-0.15, -0.1) is 0 Å². The van der Waals surface area contributed by atoms with E-state index in [4.69, 9.17) is 4.74 Å². The first-order valence-electron chi connectivity index (χ1n) is 7.01. The number of hydrogen-bond donors (Lipinski definition) is 0. The molecule has 3 rings (SSSR count). The third kappa shape index (κ3) is 1.66. The fourth-order valence-corrected chi connectivity index (χ4v) is 3.93. The van der Waals surface area contributed by atoms with Gasteiger partial charge in [0.15, 0.2) is 0 Å². The highest BCUT2D eigenvalue weighted by atomic mass is 16.5. The third-order valence-electron chi connectivity index (χ3n) is 4.70. The Bertz CT molecular complexity index is 432. The predicted molar refractivity (Wildman–Crippen MR) is 70.2 cm³/mol. The van der Waals surface area contributed by atoms with E-state index in [1.54, 1.807) is 0 Å². The molecule has 0 unspecified atom stereocenters. The van der Waals surface area contributed by atoms with E-state index in [2.05, 4.69) is 24.3 Å². The summed E-state index contributed by atoms with van der Waals surface area (Å²) in [5, 5.41) is 0. The Morgan fingerprint density at radius 1 is 1.28 bits per heavy atom. The highest BCUT2D eigenvalue weighted by molar-refractivity contribution is 5.80. The second kappa shape index (κ2) is 4.42. The summed E-state index contributed by atoms with van der Waals surface area (Å²) in [6, 6.07) is 10.5. The van der Waals surface area contributed by atoms with Crippen LogP contribution in [0.25, 0.3) is 0 Å². The molecule has 1 aromatic carbocycles. The van der Waals surface area contributed by atoms with Crippen LogP contribution in [0.15, 0.2) is 30.3 Å². The predicted octanol–water partition coefficient (Wildman–Crippen LogP) is 3.52. The van der Waals surface area contributed by atoms with Crippen molar-refractivity contribution in [1.82, 2.24) is 0 Å². The van der Waals surface area contributed by atoms with Gasteiger partial charge in [-0.3, -0.25) is 4.79 Å². The van der Waals surface area contributed by atoms with Gasteiger partial charge in [0.1, 0.15) is 0 Å². The van der Waals surface area contributed by atoms with Crippen LogP contribution < -0.4 is 0 Å². The van der Waals surface area contributed by atoms with Crippen LogP contribution in [-0.4, -0.2) is 12.6 Å². The molecule has 0 N–H and O–H groups in total. The van der Waals surface area contributed by atoms with Gasteiger partial charge in [0, 0.05) is 5.92 Å². The molecule has 2 nitrogen and oxygen atoms in total. The average Bonchev–Trinajstić information content (AvgIpc) is 2.76. The summed E-state index contributed by atoms with van der Waals surface area (Å²) in [6.07, 6.45) is 4.91. The van der Waals surface area contributed by atoms with Crippen molar-refractivity contribution in [3.05, 3.63) is 35.9 Å². The van der Waals surface area contributed by atoms with Crippen molar-refractivity contribution in [2.45, 2.75) is 38.5 Å². The van der Waals surface area contributed by atoms with Gasteiger partial charge in [-0.2, -0.15) is 0 Å². The van der Waals surface area contributed by atoms with Crippen molar-refractivity contribution in [3.8, 4) is 0 Å². The molecule has 0 aliphatic heterocycles. The molecule has 2 saturated carbocycles. The van der Waals surface area contributed by atoms with Crippen molar-refractivity contribution in [3.63, 3.8) is 0 Å². The minimum absolute atomic E-state index is 0.0215. The molecule has 2 atom stereocenters. The highest BCUT2D eigenvalue weighted by Crippen LogP contribution is 2.72. The van der Waals surface area contributed by atoms with Crippen molar-refractivity contribution >= 4 is 5.97 Å². The zero-order valence-corrected chi connectivity index (χ0v) is 10.9. The Hall–Kier alpha value is -1.31. The van der Waals surface area contributed by atoms with Gasteiger partial charge < -0.3 is 4.74 Å². The highest BCUT2D eigenvalue weighted by Gasteiger charge is 2.69. The van der Waals surface area contributed by atoms with Crippen LogP contribution in [0.3, 0.4) is 0 Å². The van der Waals surface area contributed by atoms with Crippen molar-refractivity contribution < 1.29 is 9.53 Å². The Labute approximate surface area is 108 Å². The molecule has 2 heteroatoms. The van der Waals surface area contributed by atoms with Gasteiger partial charge in [-0.25, -0.2) is 0 Å². The van der Waals surface area contributed by atoms with Crippen molar-refractivity contribution in [2.24, 2.45) is 11.3 Å². The van der Waals surface area contributed by atoms with Crippen LogP contribution in [0, 0.1) is 11.3 Å². The normalized spacial score (nSPS) is 28.3. The van der Waals surface area contributed by atoms with Crippen LogP contribution in [0.5, 0.6) is 0 Å². The maximum Gasteiger partial charge on any atom is 0.310 e. The molecule has 0 amide bonds. The minimum atomic E-state index is 0.0215. The quantitative estimate of drug-likeness (QED) is 0.760. The molecule has 0 heterocycles. The molecular formula is C16H20O2. The first-order chi connectivity index (χ1) is 8.79. The zero-order valence-electron chi connectivity index (χ0n) is 10.9. The Kier molecular flexibility index (Phi) is 2.89. The van der Waals surface area contributed by atoms with Gasteiger partial charge in [-0.1, -0.05) is 43.2 Å². The van der Waals surface area contributed by atoms with Crippen molar-refractivity contribution in [2.75, 3.05) is 6.61 Å². The smallest absolute Gasteiger partial charge is 0.310 e. The summed E-state index contributed by atoms with van der Waals surface area (Å²) in [5.41, 5.74) is 1.55. The number of ether oxygens (including phenoxy) is 1. The molecule has 1 aromatic rings. The third-order valence-corrected chi connectivity index (χ3v) is 4.70. The maximum atomic E-state index is 12.1. The van der Waals surface area contributed by atoms with E-state index in [9.17, 15) is 4.79 Å². The summed E-state index contributed by atoms with van der Waals surface area (Å²) in [7, 11) is 0. The largest absolute Gasteiger partial charge is 0.466 e. The first kappa shape index (κ1) is 11.8. The number of hydrogen-bond acceptors (Lipinski definition) is 2. The summed E-state index contributed by atoms with van der Waals surface area (Å²) in [4.78, 5) is 12.1. The molecule has 96 valence electrons. The Morgan fingerprint density at radius 3 is 2.56 bits per heavy atom. The lowest BCUT2D eigenvalue weighted by molar-refractivity contribution is -0.145. The van der Waals surface area contributed by atoms with E-state index in [0.717, 1.165) is 0 Å². The molecular weight excluding hydrogens is 224 g/mol. The van der Waals surface area contributed by atoms with Gasteiger partial charge in [0.25, 0.3) is 0 Å². The van der Waals surface area contributed by atoms with E-state index in [-0.39, 0.29) is 17.3 Å². The monoisotopic (exact) mass is 244 g/mol. The number of benzene rings is 1. The van der Waals surface area contributed by atoms with E-state index in [1.807, 2.05) is 13.0 Å². The van der Waals surface area contributed by atoms with Gasteiger partial charge >= 0.3 is 5.97 Å². The number of esters is 1. The van der Waals surface area contributed by atoms with Crippen LogP contribution in [-0.2, 0) is 9.53 Å². The fourth-order valence-electron chi connectivity index (χ4n) is 3.93. The van der Waals surface area contributed by atoms with Crippen LogP contribution >= 0.6 is 0 Å². The lowest BCUT2D eigenvalue weighted by Gasteiger charge is -2.08. The molecule has 1 spiro atoms. The molecule has 18 heavy (non-hydrogen) atoms. The molecule has 2 aliphatic rings. The lowest BCUT2D eigenvalue weighted by Crippen LogP contribution is -2.11. The maximum absolute atomic E-state index is 12.1. The number of rotatable bonds is 3. The van der Waals surface area contributed by atoms with Crippen LogP contribution in [0.1, 0.15) is 44.1 Å². The molecule has 0 radical (unpaired) electrons. The lowest BCUT2D eigenvalue weighted by atomic mass is 9.97. The second-order valence-electron chi connectivity index (χ2n) is 5.56. The summed E-state index contributed by atoms with van der Waals surface area (Å²) in [6.45, 7) is 2.38. The van der Waals surface area contributed by atoms with Crippen LogP contribution in [0.2, 0.25) is 0 Å². The molecule has 0 bridgehead atoms. The van der Waals surface area contributed by atoms with E-state index < -0.39 is 0 Å². The average molecular weight is 244 g/mol. The molecule has 0 saturated heterocycles. The minimum Gasteiger partial charge on any atom is -0.466 e. The first-order valence-corrected chi connectivity index (χ1v) is 7.01. The van der Waals surface area contributed by atoms with Gasteiger partial charge in [0.2, 0.25) is 0 Å². The molecule has 0 aromatic heterocycles. The summed E-state index contributed by atoms with van der Waals surface area (Å²) >= 11 is 0. The van der Waals surface area contributed by atoms with E-state index in [1.165, 1.54) is 31.2 Å². The Balaban J connectivity index is 1.87. The van der Waals surface area contributed by atoms with Gasteiger partial charge in [-0.05, 0) is 30.7 Å². The van der Waals surface area contributed by atoms with Gasteiger partial charge in [0.05, 0.1) is 12.5 Å². The number of carbonyl (C=O) groups excluding carboxylic acids is 1. The second-order valence-corrected chi connectivity index (χ2v) is 5.56. The fraction of sp³-hybridized carbons (Fsp3) is 0.562. The number of carbonyl (C=O) groups is 1. The Morgan fingerprint density at radius 2 is 1.94 bits per heavy atom. The van der Waals surface area contributed by atoms with Crippen molar-refractivity contribution in [1.29, 1.82) is 0 Å². The zero-order chi connectivity index (χ0) is 12.6. The molecule has 2 fully saturated rings. The molecule has 2 aliphatic carbocycles. The summed E-state index contributed by atoms with van der Waals surface area (Å²) in [5.74, 6) is 0.538. The summed E-state index contributed by atoms with van der Waals surface area (Å²) < 4.78 is 5.27. The van der Waals surface area contributed by atoms with E-state index >= 15 is 0 Å². The van der Waals surface area contributed by atoms with Crippen LogP contribution in [0.4, 0.5) is 0 Å². The standard InChI is InChI=1S/C16H20O2/c1-2-18-15(17)14-13(12-8-4-3-5-9-12)16(14)10-6-7-11-16/h3-5,8-9,13-14H,2,6-7,10-11H2,1H3/t13-,14+/m0/s1. The van der Waals surface area contributed by atoms with E-state index in [0.29, 0.717) is 12.5 Å². The topological polar surface area (TPSA) is 26.3 Å². The SMILES string of the molecule is CCOC(=O)[C@H]1[C@H](c2ccccc2)C12CCCC2.